The van der Waals surface area contributed by atoms with Gasteiger partial charge < -0.3 is 10.2 Å². The first-order chi connectivity index (χ1) is 10.4. The van der Waals surface area contributed by atoms with Gasteiger partial charge in [0.1, 0.15) is 0 Å². The van der Waals surface area contributed by atoms with Crippen molar-refractivity contribution in [2.75, 3.05) is 13.1 Å². The van der Waals surface area contributed by atoms with Crippen LogP contribution in [0, 0.1) is 23.2 Å². The molecule has 0 bridgehead atoms. The summed E-state index contributed by atoms with van der Waals surface area (Å²) < 4.78 is 26.8. The second-order valence-electron chi connectivity index (χ2n) is 6.09. The Labute approximate surface area is 129 Å². The van der Waals surface area contributed by atoms with Gasteiger partial charge in [0.25, 0.3) is 0 Å². The second-order valence-corrected chi connectivity index (χ2v) is 8.03. The van der Waals surface area contributed by atoms with E-state index in [1.807, 2.05) is 6.07 Å². The van der Waals surface area contributed by atoms with Crippen LogP contribution in [0.5, 0.6) is 0 Å². The van der Waals surface area contributed by atoms with E-state index >= 15 is 0 Å². The lowest BCUT2D eigenvalue weighted by Gasteiger charge is -2.31. The summed E-state index contributed by atoms with van der Waals surface area (Å²) in [7, 11) is -3.65. The van der Waals surface area contributed by atoms with E-state index in [2.05, 4.69) is 0 Å². The highest BCUT2D eigenvalue weighted by atomic mass is 32.2. The lowest BCUT2D eigenvalue weighted by atomic mass is 9.79. The molecule has 118 valence electrons. The first-order valence-corrected chi connectivity index (χ1v) is 8.72. The average Bonchev–Trinajstić information content (AvgIpc) is 2.91. The van der Waals surface area contributed by atoms with Gasteiger partial charge in [-0.05, 0) is 42.9 Å². The number of hydrogen-bond acceptors (Lipinski definition) is 5. The largest absolute Gasteiger partial charge is 0.390 e. The van der Waals surface area contributed by atoms with Gasteiger partial charge in [0, 0.05) is 13.1 Å². The van der Waals surface area contributed by atoms with Crippen molar-refractivity contribution in [2.45, 2.75) is 29.9 Å². The Balaban J connectivity index is 1.84. The summed E-state index contributed by atoms with van der Waals surface area (Å²) in [4.78, 5) is 0.117. The lowest BCUT2D eigenvalue weighted by Crippen LogP contribution is -2.38. The number of aliphatic hydroxyl groups excluding tert-OH is 2. The molecule has 4 atom stereocenters. The first kappa shape index (κ1) is 15.4. The number of benzene rings is 1. The maximum atomic E-state index is 12.7. The molecule has 1 aromatic rings. The van der Waals surface area contributed by atoms with Crippen LogP contribution in [0.15, 0.2) is 29.2 Å². The molecule has 0 unspecified atom stereocenters. The molecule has 1 aliphatic carbocycles. The van der Waals surface area contributed by atoms with Gasteiger partial charge in [-0.2, -0.15) is 9.57 Å². The minimum Gasteiger partial charge on any atom is -0.390 e. The number of nitrogens with zero attached hydrogens (tertiary/aromatic N) is 2. The van der Waals surface area contributed by atoms with Gasteiger partial charge in [0.05, 0.1) is 28.7 Å². The third kappa shape index (κ3) is 2.63. The predicted octanol–water partition coefficient (Wildman–Crippen LogP) is 0.311. The third-order valence-electron chi connectivity index (χ3n) is 4.68. The molecule has 1 aliphatic heterocycles. The maximum Gasteiger partial charge on any atom is 0.243 e. The highest BCUT2D eigenvalue weighted by Gasteiger charge is 2.44. The van der Waals surface area contributed by atoms with Gasteiger partial charge in [-0.15, -0.1) is 0 Å². The first-order valence-electron chi connectivity index (χ1n) is 7.28. The molecular weight excluding hydrogens is 304 g/mol. The Bertz CT molecular complexity index is 694. The number of fused-ring (bicyclic) bond motifs is 1. The van der Waals surface area contributed by atoms with Crippen LogP contribution < -0.4 is 0 Å². The van der Waals surface area contributed by atoms with Gasteiger partial charge >= 0.3 is 0 Å². The topological polar surface area (TPSA) is 102 Å². The van der Waals surface area contributed by atoms with E-state index in [1.165, 1.54) is 16.4 Å². The summed E-state index contributed by atoms with van der Waals surface area (Å²) in [6.07, 6.45) is -0.691. The van der Waals surface area contributed by atoms with Crippen molar-refractivity contribution in [2.24, 2.45) is 11.8 Å². The van der Waals surface area contributed by atoms with Crippen LogP contribution in [0.25, 0.3) is 0 Å². The molecule has 1 heterocycles. The summed E-state index contributed by atoms with van der Waals surface area (Å²) in [6.45, 7) is 0.709. The lowest BCUT2D eigenvalue weighted by molar-refractivity contribution is -0.0372. The average molecular weight is 322 g/mol. The Morgan fingerprint density at radius 2 is 1.73 bits per heavy atom. The molecule has 6 nitrogen and oxygen atoms in total. The van der Waals surface area contributed by atoms with Crippen molar-refractivity contribution in [1.29, 1.82) is 5.26 Å². The zero-order valence-corrected chi connectivity index (χ0v) is 12.8. The van der Waals surface area contributed by atoms with Gasteiger partial charge in [-0.3, -0.25) is 0 Å². The number of nitriles is 1. The number of hydrogen-bond donors (Lipinski definition) is 2. The Morgan fingerprint density at radius 1 is 1.14 bits per heavy atom. The van der Waals surface area contributed by atoms with E-state index < -0.39 is 22.2 Å². The number of sulfonamides is 1. The molecule has 1 saturated carbocycles. The fourth-order valence-electron chi connectivity index (χ4n) is 3.44. The Hall–Kier alpha value is -1.46. The molecule has 7 heteroatoms. The zero-order valence-electron chi connectivity index (χ0n) is 12.0. The monoisotopic (exact) mass is 322 g/mol. The summed E-state index contributed by atoms with van der Waals surface area (Å²) in [5.74, 6) is 0.152. The number of aliphatic hydroxyl groups is 2. The molecule has 2 N–H and O–H groups in total. The van der Waals surface area contributed by atoms with Gasteiger partial charge in [0.15, 0.2) is 0 Å². The van der Waals surface area contributed by atoms with E-state index in [9.17, 15) is 18.6 Å². The Morgan fingerprint density at radius 3 is 2.27 bits per heavy atom. The van der Waals surface area contributed by atoms with Crippen molar-refractivity contribution in [3.63, 3.8) is 0 Å². The molecule has 0 aromatic heterocycles. The van der Waals surface area contributed by atoms with Crippen LogP contribution >= 0.6 is 0 Å². The molecule has 0 radical (unpaired) electrons. The van der Waals surface area contributed by atoms with Gasteiger partial charge in [0.2, 0.25) is 10.0 Å². The summed E-state index contributed by atoms with van der Waals surface area (Å²) in [5.41, 5.74) is 0.309. The fraction of sp³-hybridized carbons (Fsp3) is 0.533. The van der Waals surface area contributed by atoms with Gasteiger partial charge in [-0.25, -0.2) is 8.42 Å². The van der Waals surface area contributed by atoms with E-state index in [4.69, 9.17) is 5.26 Å². The highest BCUT2D eigenvalue weighted by molar-refractivity contribution is 7.89. The van der Waals surface area contributed by atoms with Crippen molar-refractivity contribution < 1.29 is 18.6 Å². The maximum absolute atomic E-state index is 12.7. The molecule has 2 fully saturated rings. The molecule has 0 spiro atoms. The summed E-state index contributed by atoms with van der Waals surface area (Å²) >= 11 is 0. The van der Waals surface area contributed by atoms with Crippen molar-refractivity contribution in [1.82, 2.24) is 4.31 Å². The third-order valence-corrected chi connectivity index (χ3v) is 6.50. The van der Waals surface area contributed by atoms with Gasteiger partial charge in [-0.1, -0.05) is 6.07 Å². The normalized spacial score (nSPS) is 32.4. The van der Waals surface area contributed by atoms with E-state index in [0.717, 1.165) is 0 Å². The predicted molar refractivity (Wildman–Crippen MR) is 78.1 cm³/mol. The molecule has 1 saturated heterocycles. The molecule has 22 heavy (non-hydrogen) atoms. The zero-order chi connectivity index (χ0) is 15.9. The molecule has 0 amide bonds. The molecular formula is C15H18N2O4S. The van der Waals surface area contributed by atoms with Crippen LogP contribution in [0.3, 0.4) is 0 Å². The molecule has 2 aliphatic rings. The molecule has 1 aromatic carbocycles. The minimum atomic E-state index is -3.65. The second kappa shape index (κ2) is 5.63. The summed E-state index contributed by atoms with van der Waals surface area (Å²) in [6, 6.07) is 7.93. The van der Waals surface area contributed by atoms with E-state index in [1.54, 1.807) is 12.1 Å². The van der Waals surface area contributed by atoms with Crippen LogP contribution in [0.1, 0.15) is 18.4 Å². The van der Waals surface area contributed by atoms with Crippen molar-refractivity contribution in [3.8, 4) is 6.07 Å². The van der Waals surface area contributed by atoms with Crippen LogP contribution in [0.2, 0.25) is 0 Å². The minimum absolute atomic E-state index is 0.0762. The highest BCUT2D eigenvalue weighted by Crippen LogP contribution is 2.38. The van der Waals surface area contributed by atoms with Crippen molar-refractivity contribution >= 4 is 10.0 Å². The van der Waals surface area contributed by atoms with Crippen LogP contribution in [-0.4, -0.2) is 48.2 Å². The Kier molecular flexibility index (Phi) is 3.95. The van der Waals surface area contributed by atoms with Crippen molar-refractivity contribution in [3.05, 3.63) is 29.8 Å². The van der Waals surface area contributed by atoms with Crippen LogP contribution in [-0.2, 0) is 10.0 Å². The van der Waals surface area contributed by atoms with Crippen LogP contribution in [0.4, 0.5) is 0 Å². The SMILES string of the molecule is N#Cc1cccc(S(=O)(=O)N2C[C@H]3C[C@H](O)[C@@H](O)C[C@H]3C2)c1. The fourth-order valence-corrected chi connectivity index (χ4v) is 5.04. The smallest absolute Gasteiger partial charge is 0.243 e. The molecule has 3 rings (SSSR count). The summed E-state index contributed by atoms with van der Waals surface area (Å²) in [5, 5.41) is 28.4. The standard InChI is InChI=1S/C15H18N2O4S/c16-7-10-2-1-3-13(4-10)22(20,21)17-8-11-5-14(18)15(19)6-12(11)9-17/h1-4,11-12,14-15,18-19H,5-6,8-9H2/t11-,12+,14-,15-/m0/s1. The number of rotatable bonds is 2. The quantitative estimate of drug-likeness (QED) is 0.816. The van der Waals surface area contributed by atoms with E-state index in [-0.39, 0.29) is 16.7 Å². The van der Waals surface area contributed by atoms with E-state index in [0.29, 0.717) is 31.5 Å².